The molecular weight excluding hydrogens is 234 g/mol. The quantitative estimate of drug-likeness (QED) is 0.827. The van der Waals surface area contributed by atoms with Crippen molar-refractivity contribution < 1.29 is 0 Å². The minimum absolute atomic E-state index is 0.547. The Hall–Kier alpha value is -0.830. The molecule has 1 aliphatic rings. The summed E-state index contributed by atoms with van der Waals surface area (Å²) >= 11 is 6.19. The Bertz CT molecular complexity index is 406. The van der Waals surface area contributed by atoms with Gasteiger partial charge in [0.1, 0.15) is 0 Å². The first-order valence-corrected chi connectivity index (χ1v) is 6.75. The van der Waals surface area contributed by atoms with Crippen molar-refractivity contribution >= 4 is 17.4 Å². The second-order valence-electron chi connectivity index (χ2n) is 4.90. The van der Waals surface area contributed by atoms with Crippen LogP contribution in [-0.2, 0) is 0 Å². The van der Waals surface area contributed by atoms with E-state index in [4.69, 9.17) is 11.6 Å². The molecule has 0 aliphatic carbocycles. The first-order valence-electron chi connectivity index (χ1n) is 6.37. The summed E-state index contributed by atoms with van der Waals surface area (Å²) in [7, 11) is 0. The molecule has 0 amide bonds. The normalized spacial score (nSPS) is 20.0. The number of hydrogen-bond acceptors (Lipinski definition) is 3. The zero-order chi connectivity index (χ0) is 12.4. The molecule has 2 rings (SSSR count). The molecule has 1 aliphatic heterocycles. The van der Waals surface area contributed by atoms with Crippen LogP contribution in [0.5, 0.6) is 0 Å². The number of hydrogen-bond donors (Lipinski definition) is 0. The van der Waals surface area contributed by atoms with Crippen LogP contribution in [0.25, 0.3) is 0 Å². The van der Waals surface area contributed by atoms with E-state index in [0.717, 1.165) is 36.2 Å². The summed E-state index contributed by atoms with van der Waals surface area (Å²) in [6.45, 7) is 8.31. The van der Waals surface area contributed by atoms with E-state index in [0.29, 0.717) is 5.15 Å². The van der Waals surface area contributed by atoms with Gasteiger partial charge in [0.25, 0.3) is 0 Å². The van der Waals surface area contributed by atoms with Gasteiger partial charge in [-0.2, -0.15) is 0 Å². The Morgan fingerprint density at radius 2 is 2.00 bits per heavy atom. The van der Waals surface area contributed by atoms with Gasteiger partial charge in [0.05, 0.1) is 11.4 Å². The summed E-state index contributed by atoms with van der Waals surface area (Å²) in [5, 5.41) is 0.547. The molecule has 1 aromatic heterocycles. The maximum Gasteiger partial charge on any atom is 0.171 e. The van der Waals surface area contributed by atoms with Crippen molar-refractivity contribution in [2.45, 2.75) is 40.0 Å². The summed E-state index contributed by atoms with van der Waals surface area (Å²) in [6, 6.07) is 0. The maximum absolute atomic E-state index is 6.19. The van der Waals surface area contributed by atoms with Gasteiger partial charge >= 0.3 is 0 Å². The highest BCUT2D eigenvalue weighted by atomic mass is 35.5. The molecule has 1 atom stereocenters. The van der Waals surface area contributed by atoms with E-state index in [9.17, 15) is 0 Å². The number of nitrogens with zero attached hydrogens (tertiary/aromatic N) is 3. The van der Waals surface area contributed by atoms with Crippen LogP contribution in [0.3, 0.4) is 0 Å². The molecule has 0 spiro atoms. The smallest absolute Gasteiger partial charge is 0.171 e. The third-order valence-electron chi connectivity index (χ3n) is 3.53. The molecule has 0 bridgehead atoms. The van der Waals surface area contributed by atoms with E-state index in [-0.39, 0.29) is 0 Å². The van der Waals surface area contributed by atoms with Gasteiger partial charge in [0, 0.05) is 13.1 Å². The van der Waals surface area contributed by atoms with E-state index >= 15 is 0 Å². The third kappa shape index (κ3) is 2.71. The summed E-state index contributed by atoms with van der Waals surface area (Å²) in [4.78, 5) is 11.2. The molecule has 0 N–H and O–H groups in total. The van der Waals surface area contributed by atoms with Gasteiger partial charge in [-0.25, -0.2) is 9.97 Å². The predicted molar refractivity (Wildman–Crippen MR) is 71.7 cm³/mol. The second-order valence-corrected chi connectivity index (χ2v) is 5.26. The highest BCUT2D eigenvalue weighted by Crippen LogP contribution is 2.29. The molecule has 0 aromatic carbocycles. The molecule has 3 nitrogen and oxygen atoms in total. The van der Waals surface area contributed by atoms with E-state index < -0.39 is 0 Å². The van der Waals surface area contributed by atoms with Gasteiger partial charge in [-0.15, -0.1) is 0 Å². The largest absolute Gasteiger partial charge is 0.354 e. The number of aryl methyl sites for hydroxylation is 2. The van der Waals surface area contributed by atoms with Crippen LogP contribution in [0.4, 0.5) is 5.82 Å². The van der Waals surface area contributed by atoms with Gasteiger partial charge in [-0.1, -0.05) is 24.9 Å². The van der Waals surface area contributed by atoms with Crippen molar-refractivity contribution in [1.82, 2.24) is 9.97 Å². The molecule has 1 fully saturated rings. The average Bonchev–Trinajstić information content (AvgIpc) is 2.72. The fraction of sp³-hybridized carbons (Fsp3) is 0.692. The monoisotopic (exact) mass is 253 g/mol. The van der Waals surface area contributed by atoms with Crippen LogP contribution in [0, 0.1) is 19.8 Å². The third-order valence-corrected chi connectivity index (χ3v) is 3.78. The highest BCUT2D eigenvalue weighted by molar-refractivity contribution is 6.31. The second kappa shape index (κ2) is 5.21. The van der Waals surface area contributed by atoms with Crippen molar-refractivity contribution in [2.24, 2.45) is 5.92 Å². The van der Waals surface area contributed by atoms with Crippen LogP contribution in [0.1, 0.15) is 37.6 Å². The number of halogens is 1. The molecule has 94 valence electrons. The summed E-state index contributed by atoms with van der Waals surface area (Å²) < 4.78 is 0. The molecule has 1 unspecified atom stereocenters. The van der Waals surface area contributed by atoms with Crippen molar-refractivity contribution in [2.75, 3.05) is 18.0 Å². The SMILES string of the molecule is CCCC1CCN(c2nc(C)c(C)nc2Cl)C1. The number of anilines is 1. The first kappa shape index (κ1) is 12.6. The van der Waals surface area contributed by atoms with Crippen molar-refractivity contribution in [3.8, 4) is 0 Å². The molecule has 1 saturated heterocycles. The standard InChI is InChI=1S/C13H20ClN3/c1-4-5-11-6-7-17(8-11)13-12(14)15-9(2)10(3)16-13/h11H,4-8H2,1-3H3. The van der Waals surface area contributed by atoms with Crippen LogP contribution in [0.2, 0.25) is 5.15 Å². The van der Waals surface area contributed by atoms with E-state index in [2.05, 4.69) is 21.8 Å². The van der Waals surface area contributed by atoms with E-state index in [1.54, 1.807) is 0 Å². The summed E-state index contributed by atoms with van der Waals surface area (Å²) in [6.07, 6.45) is 3.80. The van der Waals surface area contributed by atoms with Gasteiger partial charge in [-0.3, -0.25) is 0 Å². The van der Waals surface area contributed by atoms with Gasteiger partial charge < -0.3 is 4.90 Å². The number of rotatable bonds is 3. The van der Waals surface area contributed by atoms with Crippen LogP contribution in [-0.4, -0.2) is 23.1 Å². The fourth-order valence-corrected chi connectivity index (χ4v) is 2.72. The lowest BCUT2D eigenvalue weighted by atomic mass is 10.0. The van der Waals surface area contributed by atoms with E-state index in [1.165, 1.54) is 19.3 Å². The van der Waals surface area contributed by atoms with Crippen LogP contribution < -0.4 is 4.90 Å². The Labute approximate surface area is 108 Å². The Balaban J connectivity index is 2.16. The minimum atomic E-state index is 0.547. The lowest BCUT2D eigenvalue weighted by Crippen LogP contribution is -2.22. The number of aromatic nitrogens is 2. The highest BCUT2D eigenvalue weighted by Gasteiger charge is 2.25. The Morgan fingerprint density at radius 3 is 2.71 bits per heavy atom. The zero-order valence-electron chi connectivity index (χ0n) is 10.8. The lowest BCUT2D eigenvalue weighted by Gasteiger charge is -2.19. The lowest BCUT2D eigenvalue weighted by molar-refractivity contribution is 0.529. The van der Waals surface area contributed by atoms with Crippen molar-refractivity contribution in [3.63, 3.8) is 0 Å². The molecule has 0 saturated carbocycles. The van der Waals surface area contributed by atoms with Gasteiger partial charge in [0.15, 0.2) is 11.0 Å². The van der Waals surface area contributed by atoms with Crippen molar-refractivity contribution in [3.05, 3.63) is 16.5 Å². The van der Waals surface area contributed by atoms with E-state index in [1.807, 2.05) is 13.8 Å². The first-order chi connectivity index (χ1) is 8.11. The molecule has 4 heteroatoms. The average molecular weight is 254 g/mol. The molecule has 2 heterocycles. The molecule has 1 aromatic rings. The minimum Gasteiger partial charge on any atom is -0.354 e. The van der Waals surface area contributed by atoms with Gasteiger partial charge in [0.2, 0.25) is 0 Å². The Morgan fingerprint density at radius 1 is 1.29 bits per heavy atom. The molecule has 0 radical (unpaired) electrons. The molecule has 17 heavy (non-hydrogen) atoms. The molecular formula is C13H20ClN3. The maximum atomic E-state index is 6.19. The Kier molecular flexibility index (Phi) is 3.87. The van der Waals surface area contributed by atoms with Crippen LogP contribution in [0.15, 0.2) is 0 Å². The van der Waals surface area contributed by atoms with Crippen molar-refractivity contribution in [1.29, 1.82) is 0 Å². The topological polar surface area (TPSA) is 29.0 Å². The summed E-state index contributed by atoms with van der Waals surface area (Å²) in [5.41, 5.74) is 1.89. The zero-order valence-corrected chi connectivity index (χ0v) is 11.6. The summed E-state index contributed by atoms with van der Waals surface area (Å²) in [5.74, 6) is 1.66. The fourth-order valence-electron chi connectivity index (χ4n) is 2.43. The predicted octanol–water partition coefficient (Wildman–Crippen LogP) is 3.37. The van der Waals surface area contributed by atoms with Gasteiger partial charge in [-0.05, 0) is 32.6 Å². The van der Waals surface area contributed by atoms with Crippen LogP contribution >= 0.6 is 11.6 Å².